The number of amides is 2. The Hall–Kier alpha value is -1.69. The molecule has 6 heteroatoms. The number of nitrogens with zero attached hydrogens (tertiary/aromatic N) is 1. The molecule has 2 N–H and O–H groups in total. The van der Waals surface area contributed by atoms with Crippen LogP contribution in [-0.4, -0.2) is 41.3 Å². The molecule has 114 valence electrons. The van der Waals surface area contributed by atoms with Crippen molar-refractivity contribution >= 4 is 6.03 Å². The lowest BCUT2D eigenvalue weighted by molar-refractivity contribution is 0.173. The van der Waals surface area contributed by atoms with Crippen LogP contribution in [0.3, 0.4) is 0 Å². The van der Waals surface area contributed by atoms with E-state index in [1.165, 1.54) is 18.2 Å². The molecule has 0 heterocycles. The number of rotatable bonds is 5. The van der Waals surface area contributed by atoms with E-state index in [1.54, 1.807) is 4.90 Å². The lowest BCUT2D eigenvalue weighted by Crippen LogP contribution is -2.44. The van der Waals surface area contributed by atoms with Crippen LogP contribution in [0.15, 0.2) is 18.2 Å². The van der Waals surface area contributed by atoms with E-state index in [9.17, 15) is 13.6 Å². The molecule has 0 bridgehead atoms. The number of aliphatic hydroxyl groups is 1. The highest BCUT2D eigenvalue weighted by Gasteiger charge is 2.44. The highest BCUT2D eigenvalue weighted by atomic mass is 19.1. The second kappa shape index (κ2) is 5.60. The minimum Gasteiger partial charge on any atom is -0.395 e. The number of nitrogens with one attached hydrogen (secondary N) is 1. The van der Waals surface area contributed by atoms with E-state index >= 15 is 0 Å². The molecule has 2 aliphatic carbocycles. The van der Waals surface area contributed by atoms with Crippen LogP contribution in [0.25, 0.3) is 0 Å². The molecule has 2 saturated carbocycles. The number of benzene rings is 1. The normalized spacial score (nSPS) is 23.8. The van der Waals surface area contributed by atoms with Gasteiger partial charge < -0.3 is 15.3 Å². The Kier molecular flexibility index (Phi) is 3.80. The van der Waals surface area contributed by atoms with E-state index in [1.807, 2.05) is 0 Å². The van der Waals surface area contributed by atoms with Gasteiger partial charge >= 0.3 is 6.03 Å². The number of carbonyl (C=O) groups is 1. The third-order valence-corrected chi connectivity index (χ3v) is 4.06. The molecule has 0 spiro atoms. The summed E-state index contributed by atoms with van der Waals surface area (Å²) in [6.45, 7) is 0.210. The fourth-order valence-corrected chi connectivity index (χ4v) is 2.72. The first kappa shape index (κ1) is 14.3. The van der Waals surface area contributed by atoms with E-state index in [0.717, 1.165) is 12.8 Å². The second-order valence-electron chi connectivity index (χ2n) is 5.68. The van der Waals surface area contributed by atoms with Crippen LogP contribution in [0.5, 0.6) is 0 Å². The van der Waals surface area contributed by atoms with Crippen molar-refractivity contribution < 1.29 is 18.7 Å². The summed E-state index contributed by atoms with van der Waals surface area (Å²) in [6.07, 6.45) is 2.44. The molecule has 1 aromatic carbocycles. The van der Waals surface area contributed by atoms with Crippen LogP contribution in [-0.2, 0) is 0 Å². The first-order chi connectivity index (χ1) is 10.1. The summed E-state index contributed by atoms with van der Waals surface area (Å²) in [7, 11) is 0. The standard InChI is InChI=1S/C15H18F2N2O2/c16-11-2-1-3-12(17)14(11)10-8-13(10)18-15(21)19(6-7-20)9-4-5-9/h1-3,9-10,13,20H,4-8H2,(H,18,21). The zero-order valence-electron chi connectivity index (χ0n) is 11.6. The molecule has 2 fully saturated rings. The Morgan fingerprint density at radius 2 is 2.00 bits per heavy atom. The summed E-state index contributed by atoms with van der Waals surface area (Å²) in [5, 5.41) is 11.8. The van der Waals surface area contributed by atoms with Crippen molar-refractivity contribution in [3.63, 3.8) is 0 Å². The van der Waals surface area contributed by atoms with Gasteiger partial charge in [-0.2, -0.15) is 0 Å². The van der Waals surface area contributed by atoms with Crippen LogP contribution in [0.4, 0.5) is 13.6 Å². The number of carbonyl (C=O) groups excluding carboxylic acids is 1. The minimum atomic E-state index is -0.564. The van der Waals surface area contributed by atoms with Gasteiger partial charge in [0.25, 0.3) is 0 Å². The number of hydrogen-bond acceptors (Lipinski definition) is 2. The summed E-state index contributed by atoms with van der Waals surface area (Å²) in [5.41, 5.74) is 0.0583. The van der Waals surface area contributed by atoms with Gasteiger partial charge in [0, 0.05) is 30.1 Å². The minimum absolute atomic E-state index is 0.0583. The van der Waals surface area contributed by atoms with Gasteiger partial charge in [0.15, 0.2) is 0 Å². The third kappa shape index (κ3) is 3.00. The molecule has 0 radical (unpaired) electrons. The first-order valence-corrected chi connectivity index (χ1v) is 7.23. The zero-order valence-corrected chi connectivity index (χ0v) is 11.6. The van der Waals surface area contributed by atoms with Crippen molar-refractivity contribution in [3.05, 3.63) is 35.4 Å². The van der Waals surface area contributed by atoms with Gasteiger partial charge in [-0.15, -0.1) is 0 Å². The summed E-state index contributed by atoms with van der Waals surface area (Å²) in [4.78, 5) is 13.7. The van der Waals surface area contributed by atoms with Crippen LogP contribution < -0.4 is 5.32 Å². The average Bonchev–Trinajstić information content (AvgIpc) is 3.32. The van der Waals surface area contributed by atoms with Crippen molar-refractivity contribution in [1.82, 2.24) is 10.2 Å². The van der Waals surface area contributed by atoms with Crippen molar-refractivity contribution in [2.24, 2.45) is 0 Å². The van der Waals surface area contributed by atoms with E-state index in [2.05, 4.69) is 5.32 Å². The molecule has 3 rings (SSSR count). The predicted octanol–water partition coefficient (Wildman–Crippen LogP) is 1.99. The monoisotopic (exact) mass is 296 g/mol. The fraction of sp³-hybridized carbons (Fsp3) is 0.533. The summed E-state index contributed by atoms with van der Waals surface area (Å²) in [6, 6.07) is 3.51. The summed E-state index contributed by atoms with van der Waals surface area (Å²) < 4.78 is 27.3. The molecule has 2 atom stereocenters. The number of halogens is 2. The maximum atomic E-state index is 13.7. The molecule has 0 aromatic heterocycles. The maximum absolute atomic E-state index is 13.7. The largest absolute Gasteiger partial charge is 0.395 e. The Bertz CT molecular complexity index is 528. The van der Waals surface area contributed by atoms with E-state index in [4.69, 9.17) is 5.11 Å². The van der Waals surface area contributed by atoms with Crippen LogP contribution in [0.1, 0.15) is 30.7 Å². The number of aliphatic hydroxyl groups excluding tert-OH is 1. The number of urea groups is 1. The van der Waals surface area contributed by atoms with Gasteiger partial charge in [0.2, 0.25) is 0 Å². The molecule has 1 aromatic rings. The highest BCUT2D eigenvalue weighted by Crippen LogP contribution is 2.43. The smallest absolute Gasteiger partial charge is 0.317 e. The van der Waals surface area contributed by atoms with E-state index in [0.29, 0.717) is 13.0 Å². The molecule has 2 amide bonds. The first-order valence-electron chi connectivity index (χ1n) is 7.23. The van der Waals surface area contributed by atoms with Crippen molar-refractivity contribution in [2.45, 2.75) is 37.3 Å². The topological polar surface area (TPSA) is 52.6 Å². The van der Waals surface area contributed by atoms with Crippen molar-refractivity contribution in [1.29, 1.82) is 0 Å². The van der Waals surface area contributed by atoms with E-state index in [-0.39, 0.29) is 36.2 Å². The second-order valence-corrected chi connectivity index (χ2v) is 5.68. The SMILES string of the molecule is O=C(NC1CC1c1c(F)cccc1F)N(CCO)C1CC1. The Balaban J connectivity index is 1.62. The van der Waals surface area contributed by atoms with Gasteiger partial charge in [-0.3, -0.25) is 0 Å². The Morgan fingerprint density at radius 1 is 1.33 bits per heavy atom. The molecule has 0 aliphatic heterocycles. The predicted molar refractivity (Wildman–Crippen MR) is 72.8 cm³/mol. The Morgan fingerprint density at radius 3 is 2.57 bits per heavy atom. The lowest BCUT2D eigenvalue weighted by atomic mass is 10.1. The zero-order chi connectivity index (χ0) is 15.0. The molecular weight excluding hydrogens is 278 g/mol. The van der Waals surface area contributed by atoms with Crippen LogP contribution >= 0.6 is 0 Å². The molecule has 2 unspecified atom stereocenters. The molecule has 2 aliphatic rings. The molecule has 0 saturated heterocycles. The Labute approximate surface area is 121 Å². The molecule has 4 nitrogen and oxygen atoms in total. The number of hydrogen-bond donors (Lipinski definition) is 2. The van der Waals surface area contributed by atoms with Crippen LogP contribution in [0, 0.1) is 11.6 Å². The van der Waals surface area contributed by atoms with Gasteiger partial charge in [-0.05, 0) is 31.4 Å². The quantitative estimate of drug-likeness (QED) is 0.873. The van der Waals surface area contributed by atoms with Gasteiger partial charge in [-0.25, -0.2) is 13.6 Å². The average molecular weight is 296 g/mol. The van der Waals surface area contributed by atoms with Crippen LogP contribution in [0.2, 0.25) is 0 Å². The van der Waals surface area contributed by atoms with E-state index < -0.39 is 11.6 Å². The highest BCUT2D eigenvalue weighted by molar-refractivity contribution is 5.76. The van der Waals surface area contributed by atoms with Gasteiger partial charge in [0.1, 0.15) is 11.6 Å². The fourth-order valence-electron chi connectivity index (χ4n) is 2.72. The molecular formula is C15H18F2N2O2. The lowest BCUT2D eigenvalue weighted by Gasteiger charge is -2.21. The van der Waals surface area contributed by atoms with Gasteiger partial charge in [-0.1, -0.05) is 6.07 Å². The maximum Gasteiger partial charge on any atom is 0.317 e. The third-order valence-electron chi connectivity index (χ3n) is 4.06. The van der Waals surface area contributed by atoms with Crippen molar-refractivity contribution in [2.75, 3.05) is 13.2 Å². The summed E-state index contributed by atoms with van der Waals surface area (Å²) >= 11 is 0. The van der Waals surface area contributed by atoms with Crippen molar-refractivity contribution in [3.8, 4) is 0 Å². The van der Waals surface area contributed by atoms with Gasteiger partial charge in [0.05, 0.1) is 6.61 Å². The molecule has 21 heavy (non-hydrogen) atoms. The summed E-state index contributed by atoms with van der Waals surface area (Å²) in [5.74, 6) is -1.43.